The van der Waals surface area contributed by atoms with Crippen LogP contribution in [-0.2, 0) is 4.74 Å². The van der Waals surface area contributed by atoms with Crippen molar-refractivity contribution in [2.24, 2.45) is 10.9 Å². The second kappa shape index (κ2) is 2.16. The molecule has 8 heavy (non-hydrogen) atoms. The molecule has 0 amide bonds. The number of rotatable bonds is 1. The van der Waals surface area contributed by atoms with Crippen LogP contribution >= 0.6 is 0 Å². The summed E-state index contributed by atoms with van der Waals surface area (Å²) in [6.07, 6.45) is 0. The van der Waals surface area contributed by atoms with E-state index in [1.54, 1.807) is 0 Å². The quantitative estimate of drug-likeness (QED) is 0.493. The standard InChI is InChI=1S/C6H10NO/c1-5(2)6-7-3-4-8-6/h5H,1,3-4H2,2H3. The fraction of sp³-hybridized carbons (Fsp3) is 0.667. The van der Waals surface area contributed by atoms with Crippen molar-refractivity contribution in [3.8, 4) is 0 Å². The van der Waals surface area contributed by atoms with Crippen molar-refractivity contribution >= 4 is 5.90 Å². The Labute approximate surface area is 49.6 Å². The van der Waals surface area contributed by atoms with Crippen LogP contribution in [0.2, 0.25) is 0 Å². The van der Waals surface area contributed by atoms with Crippen LogP contribution in [0.25, 0.3) is 0 Å². The van der Waals surface area contributed by atoms with Gasteiger partial charge in [-0.3, -0.25) is 4.99 Å². The molecule has 0 bridgehead atoms. The fourth-order valence-electron chi connectivity index (χ4n) is 0.650. The minimum absolute atomic E-state index is 0.220. The highest BCUT2D eigenvalue weighted by Crippen LogP contribution is 2.03. The molecule has 0 aromatic carbocycles. The fourth-order valence-corrected chi connectivity index (χ4v) is 0.650. The molecule has 0 saturated carbocycles. The summed E-state index contributed by atoms with van der Waals surface area (Å²) in [7, 11) is 0. The maximum atomic E-state index is 5.10. The Balaban J connectivity index is 2.45. The molecule has 1 unspecified atom stereocenters. The topological polar surface area (TPSA) is 21.6 Å². The lowest BCUT2D eigenvalue weighted by molar-refractivity contribution is 0.331. The van der Waals surface area contributed by atoms with Gasteiger partial charge in [-0.1, -0.05) is 6.92 Å². The van der Waals surface area contributed by atoms with E-state index in [4.69, 9.17) is 4.74 Å². The molecule has 1 rings (SSSR count). The average Bonchev–Trinajstić information content (AvgIpc) is 2.12. The minimum Gasteiger partial charge on any atom is -0.479 e. The van der Waals surface area contributed by atoms with Crippen LogP contribution in [0.4, 0.5) is 0 Å². The van der Waals surface area contributed by atoms with E-state index in [1.165, 1.54) is 0 Å². The van der Waals surface area contributed by atoms with Crippen molar-refractivity contribution in [1.82, 2.24) is 0 Å². The normalized spacial score (nSPS) is 18.6. The van der Waals surface area contributed by atoms with E-state index in [1.807, 2.05) is 6.92 Å². The summed E-state index contributed by atoms with van der Waals surface area (Å²) in [6, 6.07) is 0. The monoisotopic (exact) mass is 112 g/mol. The molecule has 2 nitrogen and oxygen atoms in total. The number of hydrogen-bond donors (Lipinski definition) is 0. The van der Waals surface area contributed by atoms with Gasteiger partial charge in [-0.2, -0.15) is 0 Å². The molecule has 1 atom stereocenters. The van der Waals surface area contributed by atoms with Crippen LogP contribution in [0, 0.1) is 12.8 Å². The van der Waals surface area contributed by atoms with E-state index in [-0.39, 0.29) is 5.92 Å². The molecule has 1 aliphatic rings. The van der Waals surface area contributed by atoms with Crippen LogP contribution in [0.5, 0.6) is 0 Å². The van der Waals surface area contributed by atoms with Gasteiger partial charge in [0.05, 0.1) is 6.54 Å². The van der Waals surface area contributed by atoms with Gasteiger partial charge in [0.25, 0.3) is 0 Å². The Kier molecular flexibility index (Phi) is 1.51. The average molecular weight is 112 g/mol. The Morgan fingerprint density at radius 3 is 2.88 bits per heavy atom. The van der Waals surface area contributed by atoms with E-state index >= 15 is 0 Å². The molecule has 0 aliphatic carbocycles. The Bertz CT molecular complexity index is 107. The summed E-state index contributed by atoms with van der Waals surface area (Å²) in [5.74, 6) is 1.03. The second-order valence-corrected chi connectivity index (χ2v) is 1.97. The van der Waals surface area contributed by atoms with Crippen molar-refractivity contribution in [2.45, 2.75) is 6.92 Å². The summed E-state index contributed by atoms with van der Waals surface area (Å²) in [4.78, 5) is 4.07. The highest BCUT2D eigenvalue weighted by atomic mass is 16.5. The molecule has 0 saturated heterocycles. The molecule has 0 aromatic heterocycles. The number of nitrogens with zero attached hydrogens (tertiary/aromatic N) is 1. The Hall–Kier alpha value is -0.530. The molecule has 1 aliphatic heterocycles. The van der Waals surface area contributed by atoms with Crippen molar-refractivity contribution in [3.05, 3.63) is 6.92 Å². The van der Waals surface area contributed by atoms with Crippen LogP contribution in [0.3, 0.4) is 0 Å². The summed E-state index contributed by atoms with van der Waals surface area (Å²) in [5.41, 5.74) is 0. The van der Waals surface area contributed by atoms with Gasteiger partial charge in [0.15, 0.2) is 5.90 Å². The van der Waals surface area contributed by atoms with E-state index in [9.17, 15) is 0 Å². The zero-order valence-corrected chi connectivity index (χ0v) is 5.05. The molecule has 1 heterocycles. The van der Waals surface area contributed by atoms with Crippen LogP contribution in [0.1, 0.15) is 6.92 Å². The van der Waals surface area contributed by atoms with Gasteiger partial charge in [0.2, 0.25) is 0 Å². The zero-order chi connectivity index (χ0) is 5.98. The SMILES string of the molecule is [CH2]C(C)C1=NCCO1. The number of ether oxygens (including phenoxy) is 1. The zero-order valence-electron chi connectivity index (χ0n) is 5.05. The molecule has 0 spiro atoms. The first-order valence-electron chi connectivity index (χ1n) is 2.81. The first kappa shape index (κ1) is 5.60. The first-order chi connectivity index (χ1) is 3.80. The third-order valence-corrected chi connectivity index (χ3v) is 1.03. The van der Waals surface area contributed by atoms with Crippen LogP contribution < -0.4 is 0 Å². The van der Waals surface area contributed by atoms with E-state index in [0.29, 0.717) is 0 Å². The Morgan fingerprint density at radius 2 is 2.62 bits per heavy atom. The van der Waals surface area contributed by atoms with E-state index in [0.717, 1.165) is 19.0 Å². The number of hydrogen-bond acceptors (Lipinski definition) is 2. The van der Waals surface area contributed by atoms with E-state index < -0.39 is 0 Å². The van der Waals surface area contributed by atoms with Crippen LogP contribution in [0.15, 0.2) is 4.99 Å². The molecular weight excluding hydrogens is 102 g/mol. The predicted molar refractivity (Wildman–Crippen MR) is 32.8 cm³/mol. The molecule has 1 radical (unpaired) electrons. The lowest BCUT2D eigenvalue weighted by atomic mass is 10.2. The highest BCUT2D eigenvalue weighted by Gasteiger charge is 2.09. The van der Waals surface area contributed by atoms with Crippen molar-refractivity contribution in [1.29, 1.82) is 0 Å². The third-order valence-electron chi connectivity index (χ3n) is 1.03. The van der Waals surface area contributed by atoms with Gasteiger partial charge in [-0.25, -0.2) is 0 Å². The summed E-state index contributed by atoms with van der Waals surface area (Å²) in [6.45, 7) is 7.30. The van der Waals surface area contributed by atoms with Gasteiger partial charge in [0, 0.05) is 5.92 Å². The minimum atomic E-state index is 0.220. The highest BCUT2D eigenvalue weighted by molar-refractivity contribution is 5.79. The molecule has 0 N–H and O–H groups in total. The van der Waals surface area contributed by atoms with Crippen molar-refractivity contribution in [3.63, 3.8) is 0 Å². The van der Waals surface area contributed by atoms with Crippen molar-refractivity contribution in [2.75, 3.05) is 13.2 Å². The summed E-state index contributed by atoms with van der Waals surface area (Å²) < 4.78 is 5.10. The first-order valence-corrected chi connectivity index (χ1v) is 2.81. The smallest absolute Gasteiger partial charge is 0.186 e. The third kappa shape index (κ3) is 0.997. The van der Waals surface area contributed by atoms with E-state index in [2.05, 4.69) is 11.9 Å². The molecule has 0 fully saturated rings. The Morgan fingerprint density at radius 1 is 1.88 bits per heavy atom. The van der Waals surface area contributed by atoms with Crippen LogP contribution in [-0.4, -0.2) is 19.0 Å². The second-order valence-electron chi connectivity index (χ2n) is 1.97. The van der Waals surface area contributed by atoms with Gasteiger partial charge >= 0.3 is 0 Å². The van der Waals surface area contributed by atoms with Gasteiger partial charge in [0.1, 0.15) is 6.61 Å². The van der Waals surface area contributed by atoms with Crippen molar-refractivity contribution < 1.29 is 4.74 Å². The molecular formula is C6H10NO. The predicted octanol–water partition coefficient (Wildman–Crippen LogP) is 0.885. The molecule has 2 heteroatoms. The summed E-state index contributed by atoms with van der Waals surface area (Å²) in [5, 5.41) is 0. The van der Waals surface area contributed by atoms with Gasteiger partial charge < -0.3 is 4.74 Å². The molecule has 0 aromatic rings. The molecule has 45 valence electrons. The van der Waals surface area contributed by atoms with Gasteiger partial charge in [-0.15, -0.1) is 0 Å². The lowest BCUT2D eigenvalue weighted by Gasteiger charge is -2.01. The largest absolute Gasteiger partial charge is 0.479 e. The van der Waals surface area contributed by atoms with Gasteiger partial charge in [-0.05, 0) is 6.92 Å². The summed E-state index contributed by atoms with van der Waals surface area (Å²) >= 11 is 0. The maximum absolute atomic E-state index is 5.10. The number of aliphatic imine (C=N–C) groups is 1. The maximum Gasteiger partial charge on any atom is 0.186 e. The lowest BCUT2D eigenvalue weighted by Crippen LogP contribution is -2.06.